The van der Waals surface area contributed by atoms with E-state index < -0.39 is 0 Å². The molecule has 1 aliphatic rings. The van der Waals surface area contributed by atoms with Crippen LogP contribution in [0.3, 0.4) is 0 Å². The number of para-hydroxylation sites is 1. The number of carbonyl (C=O) groups is 2. The molecule has 0 saturated carbocycles. The maximum absolute atomic E-state index is 12.4. The molecular formula is C18H17ClN2O2S. The van der Waals surface area contributed by atoms with Crippen LogP contribution in [0.5, 0.6) is 0 Å². The standard InChI is InChI=1S/C18H17ClN2O2S/c19-14-6-2-1-5-13(14)11-20-17(22)12-21-15-7-3-4-8-16(15)24-10-9-18(21)23/h1-8H,9-12H2,(H,20,22). The summed E-state index contributed by atoms with van der Waals surface area (Å²) in [6.45, 7) is 0.359. The lowest BCUT2D eigenvalue weighted by Gasteiger charge is -2.22. The highest BCUT2D eigenvalue weighted by atomic mass is 35.5. The first-order valence-corrected chi connectivity index (χ1v) is 9.04. The zero-order valence-corrected chi connectivity index (χ0v) is 14.6. The fraction of sp³-hybridized carbons (Fsp3) is 0.222. The highest BCUT2D eigenvalue weighted by molar-refractivity contribution is 7.99. The fourth-order valence-electron chi connectivity index (χ4n) is 2.53. The Morgan fingerprint density at radius 2 is 1.92 bits per heavy atom. The summed E-state index contributed by atoms with van der Waals surface area (Å²) in [6, 6.07) is 15.1. The van der Waals surface area contributed by atoms with Crippen LogP contribution in [0.15, 0.2) is 53.4 Å². The van der Waals surface area contributed by atoms with E-state index in [4.69, 9.17) is 11.6 Å². The summed E-state index contributed by atoms with van der Waals surface area (Å²) >= 11 is 7.74. The second kappa shape index (κ2) is 7.73. The van der Waals surface area contributed by atoms with Crippen molar-refractivity contribution in [2.45, 2.75) is 17.9 Å². The van der Waals surface area contributed by atoms with Crippen molar-refractivity contribution in [3.63, 3.8) is 0 Å². The van der Waals surface area contributed by atoms with Gasteiger partial charge in [0.15, 0.2) is 0 Å². The van der Waals surface area contributed by atoms with Gasteiger partial charge in [-0.25, -0.2) is 0 Å². The van der Waals surface area contributed by atoms with Gasteiger partial charge in [-0.05, 0) is 23.8 Å². The summed E-state index contributed by atoms with van der Waals surface area (Å²) in [7, 11) is 0. The first kappa shape index (κ1) is 16.9. The summed E-state index contributed by atoms with van der Waals surface area (Å²) in [5.41, 5.74) is 1.66. The van der Waals surface area contributed by atoms with Gasteiger partial charge in [-0.15, -0.1) is 11.8 Å². The van der Waals surface area contributed by atoms with Gasteiger partial charge in [-0.2, -0.15) is 0 Å². The van der Waals surface area contributed by atoms with Crippen molar-refractivity contribution < 1.29 is 9.59 Å². The Bertz CT molecular complexity index is 766. The SMILES string of the molecule is O=C(CN1C(=O)CCSc2ccccc21)NCc1ccccc1Cl. The van der Waals surface area contributed by atoms with Crippen LogP contribution in [0, 0.1) is 0 Å². The van der Waals surface area contributed by atoms with E-state index in [2.05, 4.69) is 5.32 Å². The maximum atomic E-state index is 12.4. The Kier molecular flexibility index (Phi) is 5.43. The number of halogens is 1. The Balaban J connectivity index is 1.69. The summed E-state index contributed by atoms with van der Waals surface area (Å²) in [5.74, 6) is 0.499. The van der Waals surface area contributed by atoms with Gasteiger partial charge in [0.2, 0.25) is 11.8 Å². The van der Waals surface area contributed by atoms with Gasteiger partial charge in [0.25, 0.3) is 0 Å². The highest BCUT2D eigenvalue weighted by Crippen LogP contribution is 2.33. The first-order valence-electron chi connectivity index (χ1n) is 7.67. The summed E-state index contributed by atoms with van der Waals surface area (Å²) in [4.78, 5) is 27.3. The van der Waals surface area contributed by atoms with Crippen molar-refractivity contribution in [1.29, 1.82) is 0 Å². The molecule has 4 nitrogen and oxygen atoms in total. The molecule has 1 heterocycles. The van der Waals surface area contributed by atoms with E-state index in [1.807, 2.05) is 42.5 Å². The van der Waals surface area contributed by atoms with Crippen LogP contribution in [0.4, 0.5) is 5.69 Å². The number of anilines is 1. The van der Waals surface area contributed by atoms with Crippen molar-refractivity contribution in [2.24, 2.45) is 0 Å². The van der Waals surface area contributed by atoms with Gasteiger partial charge in [-0.3, -0.25) is 9.59 Å². The van der Waals surface area contributed by atoms with E-state index >= 15 is 0 Å². The van der Waals surface area contributed by atoms with E-state index in [1.54, 1.807) is 22.7 Å². The summed E-state index contributed by atoms with van der Waals surface area (Å²) in [6.07, 6.45) is 0.428. The molecule has 0 aliphatic carbocycles. The van der Waals surface area contributed by atoms with Gasteiger partial charge in [0.1, 0.15) is 6.54 Å². The van der Waals surface area contributed by atoms with Gasteiger partial charge in [-0.1, -0.05) is 41.9 Å². The van der Waals surface area contributed by atoms with Crippen LogP contribution < -0.4 is 10.2 Å². The number of rotatable bonds is 4. The molecule has 0 fully saturated rings. The number of hydrogen-bond acceptors (Lipinski definition) is 3. The molecule has 0 aromatic heterocycles. The van der Waals surface area contributed by atoms with E-state index in [0.29, 0.717) is 18.0 Å². The third-order valence-electron chi connectivity index (χ3n) is 3.77. The summed E-state index contributed by atoms with van der Waals surface area (Å²) in [5, 5.41) is 3.45. The zero-order chi connectivity index (χ0) is 16.9. The number of nitrogens with zero attached hydrogens (tertiary/aromatic N) is 1. The van der Waals surface area contributed by atoms with Crippen molar-refractivity contribution in [3.8, 4) is 0 Å². The molecule has 0 atom stereocenters. The normalized spacial score (nSPS) is 14.0. The quantitative estimate of drug-likeness (QED) is 0.908. The molecule has 124 valence electrons. The smallest absolute Gasteiger partial charge is 0.240 e. The molecule has 24 heavy (non-hydrogen) atoms. The minimum absolute atomic E-state index is 0.0147. The first-order chi connectivity index (χ1) is 11.6. The molecule has 0 saturated heterocycles. The van der Waals surface area contributed by atoms with Gasteiger partial charge < -0.3 is 10.2 Å². The number of amides is 2. The minimum Gasteiger partial charge on any atom is -0.350 e. The lowest BCUT2D eigenvalue weighted by molar-refractivity contribution is -0.123. The third kappa shape index (κ3) is 3.91. The number of carbonyl (C=O) groups excluding carboxylic acids is 2. The van der Waals surface area contributed by atoms with Crippen LogP contribution in [0.25, 0.3) is 0 Å². The van der Waals surface area contributed by atoms with Gasteiger partial charge in [0, 0.05) is 28.6 Å². The predicted molar refractivity (Wildman–Crippen MR) is 97.4 cm³/mol. The number of nitrogens with one attached hydrogen (secondary N) is 1. The van der Waals surface area contributed by atoms with Gasteiger partial charge in [0.05, 0.1) is 5.69 Å². The monoisotopic (exact) mass is 360 g/mol. The van der Waals surface area contributed by atoms with Crippen LogP contribution in [0.1, 0.15) is 12.0 Å². The van der Waals surface area contributed by atoms with E-state index in [9.17, 15) is 9.59 Å². The highest BCUT2D eigenvalue weighted by Gasteiger charge is 2.24. The molecule has 1 N–H and O–H groups in total. The van der Waals surface area contributed by atoms with Crippen LogP contribution in [-0.4, -0.2) is 24.1 Å². The van der Waals surface area contributed by atoms with E-state index in [-0.39, 0.29) is 18.4 Å². The van der Waals surface area contributed by atoms with Crippen molar-refractivity contribution in [2.75, 3.05) is 17.2 Å². The molecular weight excluding hydrogens is 344 g/mol. The predicted octanol–water partition coefficient (Wildman–Crippen LogP) is 3.49. The Morgan fingerprint density at radius 3 is 2.75 bits per heavy atom. The largest absolute Gasteiger partial charge is 0.350 e. The lowest BCUT2D eigenvalue weighted by Crippen LogP contribution is -2.40. The molecule has 2 aromatic carbocycles. The second-order valence-electron chi connectivity index (χ2n) is 5.41. The minimum atomic E-state index is -0.204. The molecule has 0 radical (unpaired) electrons. The lowest BCUT2D eigenvalue weighted by atomic mass is 10.2. The Hall–Kier alpha value is -1.98. The zero-order valence-electron chi connectivity index (χ0n) is 13.0. The number of thioether (sulfide) groups is 1. The van der Waals surface area contributed by atoms with E-state index in [0.717, 1.165) is 21.9 Å². The molecule has 0 spiro atoms. The average molecular weight is 361 g/mol. The molecule has 2 amide bonds. The van der Waals surface area contributed by atoms with Crippen molar-refractivity contribution in [3.05, 3.63) is 59.1 Å². The molecule has 0 bridgehead atoms. The maximum Gasteiger partial charge on any atom is 0.240 e. The van der Waals surface area contributed by atoms with Crippen LogP contribution in [-0.2, 0) is 16.1 Å². The topological polar surface area (TPSA) is 49.4 Å². The summed E-state index contributed by atoms with van der Waals surface area (Å²) < 4.78 is 0. The molecule has 3 rings (SSSR count). The van der Waals surface area contributed by atoms with Gasteiger partial charge >= 0.3 is 0 Å². The fourth-order valence-corrected chi connectivity index (χ4v) is 3.73. The molecule has 6 heteroatoms. The third-order valence-corrected chi connectivity index (χ3v) is 5.20. The number of hydrogen-bond donors (Lipinski definition) is 1. The second-order valence-corrected chi connectivity index (χ2v) is 6.96. The van der Waals surface area contributed by atoms with Crippen molar-refractivity contribution in [1.82, 2.24) is 5.32 Å². The van der Waals surface area contributed by atoms with Crippen LogP contribution >= 0.6 is 23.4 Å². The van der Waals surface area contributed by atoms with Crippen molar-refractivity contribution >= 4 is 40.9 Å². The number of fused-ring (bicyclic) bond motifs is 1. The molecule has 0 unspecified atom stereocenters. The Labute approximate surface area is 150 Å². The Morgan fingerprint density at radius 1 is 1.17 bits per heavy atom. The van der Waals surface area contributed by atoms with Crippen LogP contribution in [0.2, 0.25) is 5.02 Å². The molecule has 2 aromatic rings. The molecule has 1 aliphatic heterocycles. The number of benzene rings is 2. The average Bonchev–Trinajstić information content (AvgIpc) is 2.74. The van der Waals surface area contributed by atoms with E-state index in [1.165, 1.54) is 0 Å².